The van der Waals surface area contributed by atoms with E-state index in [2.05, 4.69) is 4.98 Å². The number of anilines is 1. The first kappa shape index (κ1) is 29.6. The van der Waals surface area contributed by atoms with Crippen LogP contribution in [0.4, 0.5) is 11.4 Å². The molecule has 0 radical (unpaired) electrons. The minimum absolute atomic E-state index is 0.0110. The number of carbonyl (C=O) groups excluding carboxylic acids is 3. The van der Waals surface area contributed by atoms with Gasteiger partial charge in [0.1, 0.15) is 11.7 Å². The van der Waals surface area contributed by atoms with Gasteiger partial charge in [0, 0.05) is 46.6 Å². The molecule has 1 aliphatic carbocycles. The zero-order valence-corrected chi connectivity index (χ0v) is 24.6. The Morgan fingerprint density at radius 3 is 2.53 bits per heavy atom. The van der Waals surface area contributed by atoms with Crippen molar-refractivity contribution in [3.05, 3.63) is 109 Å². The highest BCUT2D eigenvalue weighted by atomic mass is 32.1. The number of ether oxygens (including phenoxy) is 2. The Balaban J connectivity index is 1.83. The van der Waals surface area contributed by atoms with Crippen LogP contribution in [-0.2, 0) is 23.9 Å². The number of non-ortho nitro benzene ring substituents is 1. The molecule has 43 heavy (non-hydrogen) atoms. The van der Waals surface area contributed by atoms with Crippen molar-refractivity contribution in [1.29, 1.82) is 0 Å². The lowest BCUT2D eigenvalue weighted by Gasteiger charge is -2.44. The number of aromatic nitrogens is 1. The maximum Gasteiger partial charge on any atom is 0.338 e. The molecule has 3 heterocycles. The molecule has 0 saturated carbocycles. The molecule has 0 fully saturated rings. The minimum Gasteiger partial charge on any atom is -0.465 e. The van der Waals surface area contributed by atoms with Gasteiger partial charge in [-0.05, 0) is 61.9 Å². The van der Waals surface area contributed by atoms with Gasteiger partial charge in [0.25, 0.3) is 5.69 Å². The van der Waals surface area contributed by atoms with Gasteiger partial charge in [-0.2, -0.15) is 0 Å². The Hall–Kier alpha value is -4.84. The van der Waals surface area contributed by atoms with Crippen LogP contribution in [-0.4, -0.2) is 40.8 Å². The quantitative estimate of drug-likeness (QED) is 0.163. The van der Waals surface area contributed by atoms with Crippen molar-refractivity contribution < 1.29 is 28.8 Å². The van der Waals surface area contributed by atoms with Gasteiger partial charge in [-0.1, -0.05) is 12.1 Å². The molecular formula is C31H30N4O7S. The van der Waals surface area contributed by atoms with Gasteiger partial charge in [-0.3, -0.25) is 29.6 Å². The third-order valence-corrected chi connectivity index (χ3v) is 8.64. The molecular weight excluding hydrogens is 572 g/mol. The number of carbonyl (C=O) groups is 3. The zero-order chi connectivity index (χ0) is 30.8. The van der Waals surface area contributed by atoms with Gasteiger partial charge in [0.2, 0.25) is 0 Å². The van der Waals surface area contributed by atoms with E-state index in [-0.39, 0.29) is 42.3 Å². The van der Waals surface area contributed by atoms with E-state index in [1.54, 1.807) is 56.3 Å². The van der Waals surface area contributed by atoms with E-state index in [0.717, 1.165) is 4.88 Å². The van der Waals surface area contributed by atoms with Crippen molar-refractivity contribution in [3.63, 3.8) is 0 Å². The van der Waals surface area contributed by atoms with Crippen molar-refractivity contribution in [2.24, 2.45) is 11.7 Å². The van der Waals surface area contributed by atoms with E-state index in [0.29, 0.717) is 22.5 Å². The summed E-state index contributed by atoms with van der Waals surface area (Å²) >= 11 is 1.42. The van der Waals surface area contributed by atoms with Crippen molar-refractivity contribution in [1.82, 2.24) is 4.98 Å². The Labute approximate surface area is 251 Å². The number of hydrogen-bond acceptors (Lipinski definition) is 11. The molecule has 1 aromatic carbocycles. The molecule has 2 aromatic heterocycles. The number of pyridine rings is 1. The predicted octanol–water partition coefficient (Wildman–Crippen LogP) is 4.89. The number of nitrogens with two attached hydrogens (primary N) is 1. The summed E-state index contributed by atoms with van der Waals surface area (Å²) in [6.45, 7) is 5.17. The molecule has 0 unspecified atom stereocenters. The van der Waals surface area contributed by atoms with Crippen molar-refractivity contribution in [2.75, 3.05) is 18.1 Å². The Morgan fingerprint density at radius 1 is 1.16 bits per heavy atom. The summed E-state index contributed by atoms with van der Waals surface area (Å²) in [7, 11) is 0. The average molecular weight is 603 g/mol. The van der Waals surface area contributed by atoms with Crippen LogP contribution in [0.15, 0.2) is 82.9 Å². The number of thiophene rings is 1. The number of esters is 2. The standard InChI is InChI=1S/C31H30N4O7S/c1-4-41-30(37)25-20(23-9-7-13-43-23)15-22-26(28(25)36)24(18-8-6-12-33-16-18)27(31(38)42-5-2)29(32)34(22)21-11-10-19(35(39)40)14-17(21)3/h6-14,16,20,24-25H,4-5,15,32H2,1-3H3/t20-,24-,25-/m0/s1. The van der Waals surface area contributed by atoms with Crippen molar-refractivity contribution in [2.45, 2.75) is 39.0 Å². The SMILES string of the molecule is CCOC(=O)C1=C(N)N(c2ccc([N+](=O)[O-])cc2C)C2=C(C(=O)[C@@H](C(=O)OCC)[C@H](c3cccs3)C2)[C@@H]1c1cccnc1. The number of aryl methyl sites for hydroxylation is 1. The van der Waals surface area contributed by atoms with Crippen LogP contribution in [0, 0.1) is 23.0 Å². The molecule has 12 heteroatoms. The third-order valence-electron chi connectivity index (χ3n) is 7.63. The van der Waals surface area contributed by atoms with Gasteiger partial charge in [-0.25, -0.2) is 4.79 Å². The van der Waals surface area contributed by atoms with Crippen LogP contribution >= 0.6 is 11.3 Å². The first-order valence-corrected chi connectivity index (χ1v) is 14.7. The first-order chi connectivity index (χ1) is 20.7. The molecule has 2 N–H and O–H groups in total. The molecule has 1 aliphatic heterocycles. The molecule has 3 atom stereocenters. The topological polar surface area (TPSA) is 155 Å². The highest BCUT2D eigenvalue weighted by molar-refractivity contribution is 7.10. The molecule has 0 spiro atoms. The maximum absolute atomic E-state index is 14.7. The lowest BCUT2D eigenvalue weighted by molar-refractivity contribution is -0.384. The van der Waals surface area contributed by atoms with Crippen LogP contribution in [0.5, 0.6) is 0 Å². The van der Waals surface area contributed by atoms with E-state index < -0.39 is 40.4 Å². The Kier molecular flexibility index (Phi) is 8.40. The number of ketones is 1. The lowest BCUT2D eigenvalue weighted by Crippen LogP contribution is -2.46. The second-order valence-corrected chi connectivity index (χ2v) is 11.1. The number of nitrogens with zero attached hydrogens (tertiary/aromatic N) is 3. The maximum atomic E-state index is 14.7. The van der Waals surface area contributed by atoms with Gasteiger partial charge in [0.15, 0.2) is 5.78 Å². The Bertz CT molecular complexity index is 1650. The number of nitro benzene ring substituents is 1. The normalized spacial score (nSPS) is 20.1. The number of hydrogen-bond donors (Lipinski definition) is 1. The highest BCUT2D eigenvalue weighted by Gasteiger charge is 2.51. The summed E-state index contributed by atoms with van der Waals surface area (Å²) in [5.41, 5.74) is 8.91. The van der Waals surface area contributed by atoms with Crippen LogP contribution in [0.25, 0.3) is 0 Å². The second kappa shape index (κ2) is 12.2. The van der Waals surface area contributed by atoms with Crippen LogP contribution < -0.4 is 10.6 Å². The summed E-state index contributed by atoms with van der Waals surface area (Å²) in [6.07, 6.45) is 3.32. The average Bonchev–Trinajstić information content (AvgIpc) is 3.52. The number of rotatable bonds is 8. The van der Waals surface area contributed by atoms with Gasteiger partial charge < -0.3 is 15.2 Å². The minimum atomic E-state index is -1.17. The fourth-order valence-corrected chi connectivity index (χ4v) is 6.73. The zero-order valence-electron chi connectivity index (χ0n) is 23.8. The second-order valence-electron chi connectivity index (χ2n) is 10.1. The van der Waals surface area contributed by atoms with Crippen molar-refractivity contribution in [3.8, 4) is 0 Å². The lowest BCUT2D eigenvalue weighted by atomic mass is 9.68. The summed E-state index contributed by atoms with van der Waals surface area (Å²) in [6, 6.07) is 11.4. The van der Waals surface area contributed by atoms with E-state index in [1.807, 2.05) is 17.5 Å². The van der Waals surface area contributed by atoms with E-state index in [1.165, 1.54) is 23.5 Å². The summed E-state index contributed by atoms with van der Waals surface area (Å²) in [5.74, 6) is -4.57. The number of allylic oxidation sites excluding steroid dienone is 2. The monoisotopic (exact) mass is 602 g/mol. The van der Waals surface area contributed by atoms with Gasteiger partial charge >= 0.3 is 11.9 Å². The van der Waals surface area contributed by atoms with Gasteiger partial charge in [-0.15, -0.1) is 11.3 Å². The molecule has 0 bridgehead atoms. The number of benzene rings is 1. The molecule has 5 rings (SSSR count). The largest absolute Gasteiger partial charge is 0.465 e. The molecule has 2 aliphatic rings. The predicted molar refractivity (Wildman–Crippen MR) is 159 cm³/mol. The summed E-state index contributed by atoms with van der Waals surface area (Å²) in [5, 5.41) is 13.4. The summed E-state index contributed by atoms with van der Waals surface area (Å²) < 4.78 is 10.8. The first-order valence-electron chi connectivity index (χ1n) is 13.8. The fraction of sp³-hybridized carbons (Fsp3) is 0.290. The Morgan fingerprint density at radius 2 is 1.93 bits per heavy atom. The number of nitro groups is 1. The van der Waals surface area contributed by atoms with Crippen LogP contribution in [0.2, 0.25) is 0 Å². The molecule has 11 nitrogen and oxygen atoms in total. The van der Waals surface area contributed by atoms with Crippen molar-refractivity contribution >= 4 is 40.4 Å². The molecule has 0 saturated heterocycles. The van der Waals surface area contributed by atoms with Crippen LogP contribution in [0.1, 0.15) is 48.1 Å². The highest BCUT2D eigenvalue weighted by Crippen LogP contribution is 2.52. The number of Topliss-reactive ketones (excluding diaryl/α,β-unsaturated/α-hetero) is 1. The molecule has 3 aromatic rings. The molecule has 222 valence electrons. The van der Waals surface area contributed by atoms with Crippen LogP contribution in [0.3, 0.4) is 0 Å². The smallest absolute Gasteiger partial charge is 0.338 e. The van der Waals surface area contributed by atoms with Gasteiger partial charge in [0.05, 0.1) is 35.3 Å². The summed E-state index contributed by atoms with van der Waals surface area (Å²) in [4.78, 5) is 59.4. The molecule has 0 amide bonds. The van der Waals surface area contributed by atoms with E-state index >= 15 is 0 Å². The fourth-order valence-electron chi connectivity index (χ4n) is 5.87. The van der Waals surface area contributed by atoms with E-state index in [4.69, 9.17) is 15.2 Å². The third kappa shape index (κ3) is 5.29. The van der Waals surface area contributed by atoms with E-state index in [9.17, 15) is 24.5 Å².